The Kier molecular flexibility index (Phi) is 20.0. The monoisotopic (exact) mass is 1780 g/mol. The van der Waals surface area contributed by atoms with Gasteiger partial charge in [-0.1, -0.05) is 29.5 Å². The van der Waals surface area contributed by atoms with E-state index in [0.717, 1.165) is 233 Å². The summed E-state index contributed by atoms with van der Waals surface area (Å²) in [6, 6.07) is 40.4. The molecule has 134 heavy (non-hydrogen) atoms. The molecular weight excluding hydrogens is 1680 g/mol. The minimum absolute atomic E-state index is 0.0249. The number of anilines is 2. The molecule has 0 atom stereocenters. The molecule has 1 saturated heterocycles. The summed E-state index contributed by atoms with van der Waals surface area (Å²) in [7, 11) is 0. The Hall–Kier alpha value is -15.3. The van der Waals surface area contributed by atoms with Crippen LogP contribution in [-0.2, 0) is 64.2 Å². The van der Waals surface area contributed by atoms with Crippen molar-refractivity contribution in [2.75, 3.05) is 23.7 Å². The van der Waals surface area contributed by atoms with E-state index < -0.39 is 0 Å². The first-order chi connectivity index (χ1) is 66.0. The third-order valence-electron chi connectivity index (χ3n) is 29.1. The van der Waals surface area contributed by atoms with E-state index in [2.05, 4.69) is 211 Å². The lowest BCUT2D eigenvalue weighted by atomic mass is 9.85. The summed E-state index contributed by atoms with van der Waals surface area (Å²) in [6.45, 7) is 7.89. The lowest BCUT2D eigenvalue weighted by Gasteiger charge is -2.31. The van der Waals surface area contributed by atoms with E-state index in [1.807, 2.05) is 68.6 Å². The van der Waals surface area contributed by atoms with E-state index >= 15 is 0 Å². The number of aromatic nitrogens is 23. The van der Waals surface area contributed by atoms with Crippen LogP contribution in [0.1, 0.15) is 168 Å². The summed E-state index contributed by atoms with van der Waals surface area (Å²) in [4.78, 5) is 47.9. The van der Waals surface area contributed by atoms with Crippen LogP contribution in [0.15, 0.2) is 165 Å². The number of thiazole rings is 1. The zero-order valence-corrected chi connectivity index (χ0v) is 75.7. The maximum atomic E-state index is 12.1. The number of pyridine rings is 5. The molecule has 16 heterocycles. The highest BCUT2D eigenvalue weighted by Crippen LogP contribution is 2.48. The summed E-state index contributed by atoms with van der Waals surface area (Å²) >= 11 is 1.53. The molecule has 6 aliphatic rings. The number of H-pyrrole nitrogens is 9. The predicted molar refractivity (Wildman–Crippen MR) is 536 cm³/mol. The quantitative estimate of drug-likeness (QED) is 0.0663. The molecule has 0 amide bonds. The molecule has 0 unspecified atom stereocenters. The molecular formula is C107H97N25OS. The topological polar surface area (TPSA) is 369 Å². The van der Waals surface area contributed by atoms with Crippen LogP contribution >= 0.6 is 11.3 Å². The van der Waals surface area contributed by atoms with E-state index in [9.17, 15) is 4.79 Å². The largest absolute Gasteiger partial charge is 0.375 e. The molecule has 0 radical (unpaired) electrons. The maximum Gasteiger partial charge on any atom is 0.181 e. The van der Waals surface area contributed by atoms with Gasteiger partial charge in [-0.25, -0.2) is 24.9 Å². The second-order valence-electron chi connectivity index (χ2n) is 37.0. The van der Waals surface area contributed by atoms with Crippen molar-refractivity contribution < 1.29 is 4.79 Å². The number of aryl methyl sites for hydroxylation is 7. The number of benzene rings is 8. The van der Waals surface area contributed by atoms with E-state index in [-0.39, 0.29) is 5.78 Å². The summed E-state index contributed by atoms with van der Waals surface area (Å²) in [6.07, 6.45) is 42.2. The molecule has 15 aromatic heterocycles. The number of Topliss-reactive ketones (excluding diaryl/α,β-unsaturated/α-hetero) is 1. The minimum Gasteiger partial charge on any atom is -0.375 e. The first-order valence-electron chi connectivity index (χ1n) is 47.4. The van der Waals surface area contributed by atoms with E-state index in [4.69, 9.17) is 25.7 Å². The summed E-state index contributed by atoms with van der Waals surface area (Å²) in [5.41, 5.74) is 49.0. The summed E-state index contributed by atoms with van der Waals surface area (Å²) < 4.78 is 1.11. The highest BCUT2D eigenvalue weighted by Gasteiger charge is 2.31. The number of rotatable bonds is 7. The maximum absolute atomic E-state index is 12.1. The Morgan fingerprint density at radius 2 is 0.799 bits per heavy atom. The Morgan fingerprint density at radius 1 is 0.351 bits per heavy atom. The fraction of sp³-hybridized carbons (Fsp3) is 0.262. The van der Waals surface area contributed by atoms with Gasteiger partial charge < -0.3 is 15.6 Å². The normalized spacial score (nSPS) is 14.9. The van der Waals surface area contributed by atoms with Crippen LogP contribution in [0.4, 0.5) is 10.8 Å². The Morgan fingerprint density at radius 3 is 1.40 bits per heavy atom. The number of nitrogens with one attached hydrogen (secondary N) is 9. The van der Waals surface area contributed by atoms with Gasteiger partial charge in [0.2, 0.25) is 0 Å². The van der Waals surface area contributed by atoms with Gasteiger partial charge >= 0.3 is 0 Å². The zero-order valence-electron chi connectivity index (χ0n) is 74.9. The number of hydrogen-bond donors (Lipinski definition) is 10. The van der Waals surface area contributed by atoms with Gasteiger partial charge in [-0.15, -0.1) is 0 Å². The fourth-order valence-electron chi connectivity index (χ4n) is 22.8. The van der Waals surface area contributed by atoms with Gasteiger partial charge in [-0.2, -0.15) is 40.8 Å². The average Bonchev–Trinajstić information content (AvgIpc) is 1.50. The van der Waals surface area contributed by atoms with Crippen molar-refractivity contribution in [1.29, 1.82) is 0 Å². The standard InChI is InChI=1S/C23H26N6.C22H18N4.C21H17N5S.C21H17N5.C20H19N5O/c1-14-17(12-24-27-14)22-16-8-4-3-7-15(16)21-18-13-25-28-19(18)11-20(23(21)26-22)29-9-5-2-6-10-29;1-2-4-16-15(3-1)21-17-9-10-23-19(17)7-8-20(21)25-22(16)13-5-6-18-14(11-13)12-24-26-18;22-21-25-16-6-5-11(9-18(16)27-21)20-13-4-2-1-3-12(13)19-14-10-23-26-15(14)7-8-17(19)24-20;1-2-4-15-14(3-1)20-16-11-23-26-18(16)7-8-19(20)24-21(15)12-5-6-17-13(9-12)10-22-25-17;1-10-14(9-21-23-10)20-13-6-4-3-5-12(13)17-15(22-20)7-8-16-18(17)19(11(2)26)25-24-16/h11-13H,2-10H2,1H3,(H,24,27)(H,25,28);5-12,25H,1-4H2,(H,24,26);5-10H,1-4H2,(H2,22,25)(H,23,26);5-11H,1-4H2,(H,22,25)(H,23,26);7-9H,3-6H2,1-2H3,(H,21,23)(H,24,25). The lowest BCUT2D eigenvalue weighted by molar-refractivity contribution is 0.101. The van der Waals surface area contributed by atoms with Gasteiger partial charge in [0, 0.05) is 136 Å². The van der Waals surface area contributed by atoms with Crippen molar-refractivity contribution in [3.8, 4) is 56.3 Å². The van der Waals surface area contributed by atoms with Crippen LogP contribution in [0, 0.1) is 13.8 Å². The van der Waals surface area contributed by atoms with Crippen molar-refractivity contribution in [1.82, 2.24) is 116 Å². The van der Waals surface area contributed by atoms with Crippen molar-refractivity contribution >= 4 is 169 Å². The molecule has 0 spiro atoms. The van der Waals surface area contributed by atoms with Crippen molar-refractivity contribution in [3.63, 3.8) is 0 Å². The number of carbonyl (C=O) groups excluding carboxylic acids is 1. The van der Waals surface area contributed by atoms with E-state index in [1.54, 1.807) is 6.92 Å². The molecule has 11 N–H and O–H groups in total. The number of piperidine rings is 1. The number of nitrogens with two attached hydrogens (primary N) is 1. The molecule has 1 fully saturated rings. The van der Waals surface area contributed by atoms with Crippen LogP contribution in [0.2, 0.25) is 0 Å². The molecule has 0 saturated carbocycles. The minimum atomic E-state index is -0.0249. The van der Waals surface area contributed by atoms with Crippen LogP contribution < -0.4 is 10.6 Å². The van der Waals surface area contributed by atoms with Crippen molar-refractivity contribution in [3.05, 3.63) is 238 Å². The van der Waals surface area contributed by atoms with Crippen LogP contribution in [-0.4, -0.2) is 135 Å². The van der Waals surface area contributed by atoms with Gasteiger partial charge in [0.1, 0.15) is 5.69 Å². The van der Waals surface area contributed by atoms with Gasteiger partial charge in [0.25, 0.3) is 0 Å². The molecule has 27 heteroatoms. The summed E-state index contributed by atoms with van der Waals surface area (Å²) in [5, 5.41) is 73.5. The zero-order chi connectivity index (χ0) is 89.3. The Bertz CT molecular complexity index is 8440. The third-order valence-corrected chi connectivity index (χ3v) is 29.9. The molecule has 5 aliphatic carbocycles. The lowest BCUT2D eigenvalue weighted by Crippen LogP contribution is -2.29. The number of carbonyl (C=O) groups is 1. The Balaban J connectivity index is 0.0000000896. The molecule has 23 aromatic rings. The number of fused-ring (bicyclic) bond motifs is 28. The molecule has 29 rings (SSSR count). The fourth-order valence-corrected chi connectivity index (χ4v) is 23.5. The molecule has 0 bridgehead atoms. The van der Waals surface area contributed by atoms with Crippen molar-refractivity contribution in [2.24, 2.45) is 0 Å². The number of nitrogen functional groups attached to an aromatic ring is 1. The average molecular weight is 1780 g/mol. The highest BCUT2D eigenvalue weighted by atomic mass is 32.1. The third kappa shape index (κ3) is 13.9. The predicted octanol–water partition coefficient (Wildman–Crippen LogP) is 23.1. The van der Waals surface area contributed by atoms with Crippen LogP contribution in [0.25, 0.3) is 197 Å². The number of hydrogen-bond acceptors (Lipinski definition) is 18. The molecule has 1 aliphatic heterocycles. The van der Waals surface area contributed by atoms with Gasteiger partial charge in [-0.05, 0) is 320 Å². The van der Waals surface area contributed by atoms with E-state index in [0.29, 0.717) is 10.8 Å². The second kappa shape index (κ2) is 33.2. The van der Waals surface area contributed by atoms with Gasteiger partial charge in [0.15, 0.2) is 10.9 Å². The number of aromatic amines is 9. The Labute approximate surface area is 771 Å². The van der Waals surface area contributed by atoms with E-state index in [1.165, 1.54) is 209 Å². The van der Waals surface area contributed by atoms with Crippen LogP contribution in [0.5, 0.6) is 0 Å². The van der Waals surface area contributed by atoms with Gasteiger partial charge in [-0.3, -0.25) is 50.6 Å². The summed E-state index contributed by atoms with van der Waals surface area (Å²) in [5.74, 6) is -0.0249. The molecule has 662 valence electrons. The number of nitrogens with zero attached hydrogens (tertiary/aromatic N) is 15. The van der Waals surface area contributed by atoms with Crippen molar-refractivity contribution in [2.45, 2.75) is 168 Å². The molecule has 26 nitrogen and oxygen atoms in total. The SMILES string of the molecule is CC(=O)c1n[nH]c2ccc3nc(-c4cn[nH]c4C)c4c(c3c12)CCCC4.Cc1[nH]ncc1-c1nc2c(N3CCCCC3)cc3[nH]ncc3c2c2c1CCCC2.Nc1nc2ccc(-c3nc4ccc5[nH]ncc5c4c4c3CCCC4)cc2s1.c1cc2[nH]ncc2cc1-c1nc2ccc3[nH]ncc3c2c2c1CCCC2.c1cc2c(ccc3[nH]c(-c4ccc5[nH]ncc5c4)c4c(c32)CCCC4)n1. The first-order valence-corrected chi connectivity index (χ1v) is 48.2. The number of ketones is 1. The first kappa shape index (κ1) is 80.8. The highest BCUT2D eigenvalue weighted by molar-refractivity contribution is 7.22. The second-order valence-corrected chi connectivity index (χ2v) is 38.1. The molecule has 8 aromatic carbocycles. The van der Waals surface area contributed by atoms with Crippen LogP contribution in [0.3, 0.4) is 0 Å². The van der Waals surface area contributed by atoms with Gasteiger partial charge in [0.05, 0.1) is 143 Å². The smallest absolute Gasteiger partial charge is 0.181 e.